The molecule has 3 rings (SSSR count). The predicted octanol–water partition coefficient (Wildman–Crippen LogP) is 3.42. The summed E-state index contributed by atoms with van der Waals surface area (Å²) in [6.07, 6.45) is 5.88. The summed E-state index contributed by atoms with van der Waals surface area (Å²) in [4.78, 5) is 14.6. The number of carbonyl (C=O) groups is 1. The fourth-order valence-corrected chi connectivity index (χ4v) is 4.87. The van der Waals surface area contributed by atoms with Crippen molar-refractivity contribution in [2.24, 2.45) is 17.6 Å². The monoisotopic (exact) mass is 328 g/mol. The van der Waals surface area contributed by atoms with Crippen LogP contribution in [-0.4, -0.2) is 18.0 Å². The van der Waals surface area contributed by atoms with Gasteiger partial charge in [0.1, 0.15) is 0 Å². The van der Waals surface area contributed by atoms with Gasteiger partial charge in [-0.25, -0.2) is 0 Å². The van der Waals surface area contributed by atoms with Crippen molar-refractivity contribution in [2.75, 3.05) is 0 Å². The van der Waals surface area contributed by atoms with Gasteiger partial charge in [0.2, 0.25) is 0 Å². The maximum Gasteiger partial charge on any atom is 0.261 e. The molecule has 1 aromatic rings. The van der Waals surface area contributed by atoms with E-state index in [-0.39, 0.29) is 18.3 Å². The Kier molecular flexibility index (Phi) is 5.33. The lowest BCUT2D eigenvalue weighted by Gasteiger charge is -2.45. The molecule has 118 valence electrons. The SMILES string of the molecule is Cc1cc(C(=O)NC2C3CCCC2CC(N)C3)sc1C.Cl. The molecule has 3 nitrogen and oxygen atoms in total. The first-order chi connectivity index (χ1) is 9.54. The molecule has 1 amide bonds. The van der Waals surface area contributed by atoms with Crippen LogP contribution in [0.15, 0.2) is 6.07 Å². The van der Waals surface area contributed by atoms with E-state index >= 15 is 0 Å². The molecule has 1 aromatic heterocycles. The van der Waals surface area contributed by atoms with E-state index in [0.29, 0.717) is 23.9 Å². The van der Waals surface area contributed by atoms with Crippen LogP contribution in [-0.2, 0) is 0 Å². The molecular weight excluding hydrogens is 304 g/mol. The van der Waals surface area contributed by atoms with Crippen molar-refractivity contribution in [2.45, 2.75) is 58.0 Å². The second-order valence-corrected chi connectivity index (χ2v) is 7.79. The molecule has 2 bridgehead atoms. The molecule has 2 unspecified atom stereocenters. The summed E-state index contributed by atoms with van der Waals surface area (Å²) >= 11 is 1.60. The third kappa shape index (κ3) is 3.43. The predicted molar refractivity (Wildman–Crippen MR) is 90.3 cm³/mol. The summed E-state index contributed by atoms with van der Waals surface area (Å²) < 4.78 is 0. The zero-order valence-corrected chi connectivity index (χ0v) is 14.4. The lowest BCUT2D eigenvalue weighted by atomic mass is 9.67. The number of hydrogen-bond acceptors (Lipinski definition) is 3. The van der Waals surface area contributed by atoms with Gasteiger partial charge in [0.25, 0.3) is 5.91 Å². The summed E-state index contributed by atoms with van der Waals surface area (Å²) in [6.45, 7) is 4.14. The lowest BCUT2D eigenvalue weighted by molar-refractivity contribution is 0.0759. The Morgan fingerprint density at radius 2 is 1.90 bits per heavy atom. The lowest BCUT2D eigenvalue weighted by Crippen LogP contribution is -2.53. The van der Waals surface area contributed by atoms with Crippen molar-refractivity contribution < 1.29 is 4.79 Å². The van der Waals surface area contributed by atoms with E-state index in [9.17, 15) is 4.79 Å². The van der Waals surface area contributed by atoms with E-state index in [1.165, 1.54) is 29.7 Å². The Morgan fingerprint density at radius 1 is 1.29 bits per heavy atom. The molecular formula is C16H25ClN2OS. The zero-order chi connectivity index (χ0) is 14.3. The maximum absolute atomic E-state index is 12.5. The number of hydrogen-bond donors (Lipinski definition) is 2. The first kappa shape index (κ1) is 16.8. The quantitative estimate of drug-likeness (QED) is 0.874. The highest BCUT2D eigenvalue weighted by atomic mass is 35.5. The smallest absolute Gasteiger partial charge is 0.261 e. The molecule has 0 aromatic carbocycles. The Hall–Kier alpha value is -0.580. The van der Waals surface area contributed by atoms with Gasteiger partial charge in [-0.1, -0.05) is 6.42 Å². The molecule has 2 aliphatic rings. The molecule has 2 aliphatic carbocycles. The number of nitrogens with one attached hydrogen (secondary N) is 1. The molecule has 1 heterocycles. The van der Waals surface area contributed by atoms with Crippen LogP contribution >= 0.6 is 23.7 Å². The van der Waals surface area contributed by atoms with Crippen LogP contribution in [0.3, 0.4) is 0 Å². The van der Waals surface area contributed by atoms with E-state index in [1.54, 1.807) is 11.3 Å². The first-order valence-corrected chi connectivity index (χ1v) is 8.49. The van der Waals surface area contributed by atoms with Crippen LogP contribution in [0.1, 0.15) is 52.2 Å². The van der Waals surface area contributed by atoms with Crippen molar-refractivity contribution in [1.82, 2.24) is 5.32 Å². The van der Waals surface area contributed by atoms with Crippen molar-refractivity contribution in [3.63, 3.8) is 0 Å². The van der Waals surface area contributed by atoms with Crippen LogP contribution < -0.4 is 11.1 Å². The normalized spacial score (nSPS) is 31.4. The minimum Gasteiger partial charge on any atom is -0.348 e. The van der Waals surface area contributed by atoms with Gasteiger partial charge in [-0.15, -0.1) is 23.7 Å². The highest BCUT2D eigenvalue weighted by molar-refractivity contribution is 7.14. The van der Waals surface area contributed by atoms with Crippen LogP contribution in [0.4, 0.5) is 0 Å². The summed E-state index contributed by atoms with van der Waals surface area (Å²) in [5.41, 5.74) is 7.36. The van der Waals surface area contributed by atoms with Crippen molar-refractivity contribution >= 4 is 29.7 Å². The van der Waals surface area contributed by atoms with Gasteiger partial charge in [0, 0.05) is 17.0 Å². The van der Waals surface area contributed by atoms with E-state index < -0.39 is 0 Å². The number of nitrogens with two attached hydrogens (primary N) is 1. The average molecular weight is 329 g/mol. The second kappa shape index (κ2) is 6.67. The number of rotatable bonds is 2. The molecule has 3 N–H and O–H groups in total. The Bertz CT molecular complexity index is 483. The van der Waals surface area contributed by atoms with Crippen molar-refractivity contribution in [1.29, 1.82) is 0 Å². The summed E-state index contributed by atoms with van der Waals surface area (Å²) in [5.74, 6) is 1.29. The van der Waals surface area contributed by atoms with Gasteiger partial charge in [-0.05, 0) is 63.0 Å². The molecule has 0 saturated heterocycles. The van der Waals surface area contributed by atoms with Gasteiger partial charge in [-0.3, -0.25) is 4.79 Å². The standard InChI is InChI=1S/C16H24N2OS.ClH/c1-9-6-14(20-10(9)2)16(19)18-15-11-4-3-5-12(15)8-13(17)7-11;/h6,11-13,15H,3-5,7-8,17H2,1-2H3,(H,18,19);1H. The number of thiophene rings is 1. The number of halogens is 1. The summed E-state index contributed by atoms with van der Waals surface area (Å²) in [6, 6.07) is 2.70. The van der Waals surface area contributed by atoms with Crippen LogP contribution in [0.25, 0.3) is 0 Å². The van der Waals surface area contributed by atoms with Crippen molar-refractivity contribution in [3.8, 4) is 0 Å². The highest BCUT2D eigenvalue weighted by Gasteiger charge is 2.40. The Morgan fingerprint density at radius 3 is 2.43 bits per heavy atom. The Balaban J connectivity index is 0.00000161. The molecule has 21 heavy (non-hydrogen) atoms. The van der Waals surface area contributed by atoms with E-state index in [2.05, 4.69) is 19.2 Å². The van der Waals surface area contributed by atoms with Crippen LogP contribution in [0, 0.1) is 25.7 Å². The minimum atomic E-state index is 0. The third-order valence-electron chi connectivity index (χ3n) is 5.06. The highest BCUT2D eigenvalue weighted by Crippen LogP contribution is 2.39. The largest absolute Gasteiger partial charge is 0.348 e. The van der Waals surface area contributed by atoms with E-state index in [4.69, 9.17) is 5.73 Å². The zero-order valence-electron chi connectivity index (χ0n) is 12.7. The summed E-state index contributed by atoms with van der Waals surface area (Å²) in [7, 11) is 0. The van der Waals surface area contributed by atoms with Gasteiger partial charge < -0.3 is 11.1 Å². The first-order valence-electron chi connectivity index (χ1n) is 7.68. The fraction of sp³-hybridized carbons (Fsp3) is 0.688. The Labute approximate surface area is 137 Å². The third-order valence-corrected chi connectivity index (χ3v) is 6.22. The van der Waals surface area contributed by atoms with Gasteiger partial charge in [0.05, 0.1) is 4.88 Å². The second-order valence-electron chi connectivity index (χ2n) is 6.53. The molecule has 0 radical (unpaired) electrons. The molecule has 2 atom stereocenters. The van der Waals surface area contributed by atoms with Gasteiger partial charge >= 0.3 is 0 Å². The van der Waals surface area contributed by atoms with E-state index in [1.807, 2.05) is 6.07 Å². The van der Waals surface area contributed by atoms with Crippen LogP contribution in [0.5, 0.6) is 0 Å². The number of amides is 1. The number of fused-ring (bicyclic) bond motifs is 2. The topological polar surface area (TPSA) is 55.1 Å². The number of aryl methyl sites for hydroxylation is 2. The van der Waals surface area contributed by atoms with Gasteiger partial charge in [0.15, 0.2) is 0 Å². The number of carbonyl (C=O) groups excluding carboxylic acids is 1. The molecule has 5 heteroatoms. The van der Waals surface area contributed by atoms with Gasteiger partial charge in [-0.2, -0.15) is 0 Å². The van der Waals surface area contributed by atoms with E-state index in [0.717, 1.165) is 17.7 Å². The molecule has 2 fully saturated rings. The van der Waals surface area contributed by atoms with Crippen molar-refractivity contribution in [3.05, 3.63) is 21.4 Å². The molecule has 0 spiro atoms. The average Bonchev–Trinajstić information content (AvgIpc) is 2.71. The maximum atomic E-state index is 12.5. The molecule has 0 aliphatic heterocycles. The van der Waals surface area contributed by atoms with Crippen LogP contribution in [0.2, 0.25) is 0 Å². The molecule has 2 saturated carbocycles. The minimum absolute atomic E-state index is 0. The fourth-order valence-electron chi connectivity index (χ4n) is 3.93. The summed E-state index contributed by atoms with van der Waals surface area (Å²) in [5, 5.41) is 3.31.